The number of aliphatic hydroxyl groups is 1. The molecule has 16 heavy (non-hydrogen) atoms. The van der Waals surface area contributed by atoms with Gasteiger partial charge in [0.25, 0.3) is 0 Å². The van der Waals surface area contributed by atoms with E-state index in [-0.39, 0.29) is 12.3 Å². The van der Waals surface area contributed by atoms with Gasteiger partial charge in [-0.25, -0.2) is 0 Å². The molecule has 0 aliphatic rings. The van der Waals surface area contributed by atoms with Gasteiger partial charge in [0, 0.05) is 12.3 Å². The van der Waals surface area contributed by atoms with E-state index >= 15 is 0 Å². The number of nitrogen functional groups attached to an aromatic ring is 1. The van der Waals surface area contributed by atoms with Crippen molar-refractivity contribution in [1.82, 2.24) is 0 Å². The lowest BCUT2D eigenvalue weighted by Gasteiger charge is -2.08. The number of hydrogen-bond acceptors (Lipinski definition) is 2. The van der Waals surface area contributed by atoms with Gasteiger partial charge < -0.3 is 10.8 Å². The van der Waals surface area contributed by atoms with Crippen LogP contribution < -0.4 is 5.73 Å². The fourth-order valence-corrected chi connectivity index (χ4v) is 1.19. The van der Waals surface area contributed by atoms with Gasteiger partial charge in [-0.15, -0.1) is 0 Å². The fourth-order valence-electron chi connectivity index (χ4n) is 1.19. The maximum atomic E-state index is 12.3. The first-order valence-electron chi connectivity index (χ1n) is 4.69. The molecule has 0 unspecified atom stereocenters. The van der Waals surface area contributed by atoms with Crippen LogP contribution in [0.5, 0.6) is 0 Å². The Hall–Kier alpha value is -1.49. The third-order valence-electron chi connectivity index (χ3n) is 2.01. The quantitative estimate of drug-likeness (QED) is 0.785. The summed E-state index contributed by atoms with van der Waals surface area (Å²) in [4.78, 5) is 0. The number of nitrogens with two attached hydrogens (primary N) is 1. The highest BCUT2D eigenvalue weighted by atomic mass is 19.4. The molecule has 0 atom stereocenters. The van der Waals surface area contributed by atoms with Crippen molar-refractivity contribution in [2.45, 2.75) is 12.6 Å². The molecule has 0 aliphatic heterocycles. The van der Waals surface area contributed by atoms with Crippen LogP contribution >= 0.6 is 0 Å². The van der Waals surface area contributed by atoms with Crippen molar-refractivity contribution in [3.63, 3.8) is 0 Å². The van der Waals surface area contributed by atoms with Crippen molar-refractivity contribution in [3.8, 4) is 0 Å². The Morgan fingerprint density at radius 3 is 2.50 bits per heavy atom. The molecule has 1 aromatic rings. The molecule has 1 aromatic carbocycles. The first kappa shape index (κ1) is 12.6. The molecule has 0 radical (unpaired) electrons. The van der Waals surface area contributed by atoms with Gasteiger partial charge in [-0.2, -0.15) is 13.2 Å². The van der Waals surface area contributed by atoms with E-state index in [2.05, 4.69) is 0 Å². The maximum Gasteiger partial charge on any atom is 0.416 e. The lowest BCUT2D eigenvalue weighted by atomic mass is 10.1. The molecular formula is C11H12F3NO. The van der Waals surface area contributed by atoms with Gasteiger partial charge in [-0.05, 0) is 24.1 Å². The summed E-state index contributed by atoms with van der Waals surface area (Å²) in [5, 5.41) is 8.53. The lowest BCUT2D eigenvalue weighted by molar-refractivity contribution is -0.137. The van der Waals surface area contributed by atoms with Crippen molar-refractivity contribution in [1.29, 1.82) is 0 Å². The Kier molecular flexibility index (Phi) is 3.95. The smallest absolute Gasteiger partial charge is 0.398 e. The Labute approximate surface area is 91.2 Å². The van der Waals surface area contributed by atoms with Crippen LogP contribution in [0, 0.1) is 0 Å². The van der Waals surface area contributed by atoms with Gasteiger partial charge in [-0.1, -0.05) is 18.2 Å². The zero-order valence-corrected chi connectivity index (χ0v) is 8.46. The molecule has 0 saturated heterocycles. The molecule has 0 fully saturated rings. The molecule has 0 aliphatic carbocycles. The second-order valence-electron chi connectivity index (χ2n) is 3.26. The van der Waals surface area contributed by atoms with E-state index in [1.54, 1.807) is 12.2 Å². The van der Waals surface area contributed by atoms with Crippen molar-refractivity contribution >= 4 is 11.8 Å². The van der Waals surface area contributed by atoms with Gasteiger partial charge in [0.1, 0.15) is 0 Å². The number of alkyl halides is 3. The largest absolute Gasteiger partial charge is 0.416 e. The highest BCUT2D eigenvalue weighted by Gasteiger charge is 2.30. The summed E-state index contributed by atoms with van der Waals surface area (Å²) in [5.41, 5.74) is 5.32. The van der Waals surface area contributed by atoms with Gasteiger partial charge in [-0.3, -0.25) is 0 Å². The summed E-state index contributed by atoms with van der Waals surface area (Å²) in [6.07, 6.45) is -0.688. The maximum absolute atomic E-state index is 12.3. The van der Waals surface area contributed by atoms with Crippen LogP contribution in [0.25, 0.3) is 6.08 Å². The van der Waals surface area contributed by atoms with Crippen LogP contribution in [0.15, 0.2) is 24.3 Å². The average Bonchev–Trinajstić information content (AvgIpc) is 2.19. The number of aliphatic hydroxyl groups excluding tert-OH is 1. The standard InChI is InChI=1S/C11H12F3NO/c12-11(13,14)9-5-4-8(10(15)7-9)3-1-2-6-16/h1,3-5,7,16H,2,6,15H2. The van der Waals surface area contributed by atoms with Crippen LogP contribution in [0.1, 0.15) is 17.5 Å². The van der Waals surface area contributed by atoms with E-state index in [4.69, 9.17) is 10.8 Å². The monoisotopic (exact) mass is 231 g/mol. The highest BCUT2D eigenvalue weighted by molar-refractivity contribution is 5.65. The number of anilines is 1. The molecular weight excluding hydrogens is 219 g/mol. The van der Waals surface area contributed by atoms with Crippen molar-refractivity contribution in [2.24, 2.45) is 0 Å². The van der Waals surface area contributed by atoms with Crippen molar-refractivity contribution in [2.75, 3.05) is 12.3 Å². The number of rotatable bonds is 3. The molecule has 2 nitrogen and oxygen atoms in total. The van der Waals surface area contributed by atoms with Crippen LogP contribution in [-0.2, 0) is 6.18 Å². The van der Waals surface area contributed by atoms with Crippen molar-refractivity contribution in [3.05, 3.63) is 35.4 Å². The molecule has 0 saturated carbocycles. The molecule has 3 N–H and O–H groups in total. The predicted octanol–water partition coefficient (Wildman–Crippen LogP) is 2.68. The number of hydrogen-bond donors (Lipinski definition) is 2. The van der Waals surface area contributed by atoms with Crippen LogP contribution in [0.4, 0.5) is 18.9 Å². The third-order valence-corrected chi connectivity index (χ3v) is 2.01. The predicted molar refractivity (Wildman–Crippen MR) is 56.6 cm³/mol. The summed E-state index contributed by atoms with van der Waals surface area (Å²) in [5.74, 6) is 0. The third kappa shape index (κ3) is 3.27. The second-order valence-corrected chi connectivity index (χ2v) is 3.26. The Morgan fingerprint density at radius 1 is 1.31 bits per heavy atom. The first-order valence-corrected chi connectivity index (χ1v) is 4.69. The number of halogens is 3. The van der Waals surface area contributed by atoms with Crippen molar-refractivity contribution < 1.29 is 18.3 Å². The molecule has 0 heterocycles. The average molecular weight is 231 g/mol. The minimum Gasteiger partial charge on any atom is -0.398 e. The second kappa shape index (κ2) is 5.03. The molecule has 0 spiro atoms. The van der Waals surface area contributed by atoms with E-state index in [0.717, 1.165) is 12.1 Å². The summed E-state index contributed by atoms with van der Waals surface area (Å²) in [6.45, 7) is -0.00294. The summed E-state index contributed by atoms with van der Waals surface area (Å²) < 4.78 is 36.9. The topological polar surface area (TPSA) is 46.2 Å². The van der Waals surface area contributed by atoms with Gasteiger partial charge in [0.15, 0.2) is 0 Å². The van der Waals surface area contributed by atoms with Crippen LogP contribution in [-0.4, -0.2) is 11.7 Å². The molecule has 0 amide bonds. The van der Waals surface area contributed by atoms with Gasteiger partial charge >= 0.3 is 6.18 Å². The summed E-state index contributed by atoms with van der Waals surface area (Å²) in [6, 6.07) is 3.19. The van der Waals surface area contributed by atoms with E-state index in [1.165, 1.54) is 6.07 Å². The summed E-state index contributed by atoms with van der Waals surface area (Å²) >= 11 is 0. The van der Waals surface area contributed by atoms with Crippen LogP contribution in [0.2, 0.25) is 0 Å². The van der Waals surface area contributed by atoms with E-state index in [0.29, 0.717) is 12.0 Å². The molecule has 0 bridgehead atoms. The fraction of sp³-hybridized carbons (Fsp3) is 0.273. The Morgan fingerprint density at radius 2 is 2.00 bits per heavy atom. The number of benzene rings is 1. The van der Waals surface area contributed by atoms with E-state index < -0.39 is 11.7 Å². The zero-order chi connectivity index (χ0) is 12.2. The van der Waals surface area contributed by atoms with Gasteiger partial charge in [0.05, 0.1) is 5.56 Å². The first-order chi connectivity index (χ1) is 7.45. The van der Waals surface area contributed by atoms with E-state index in [1.807, 2.05) is 0 Å². The lowest BCUT2D eigenvalue weighted by Crippen LogP contribution is -2.05. The normalized spacial score (nSPS) is 12.2. The van der Waals surface area contributed by atoms with E-state index in [9.17, 15) is 13.2 Å². The SMILES string of the molecule is Nc1cc(C(F)(F)F)ccc1C=CCCO. The highest BCUT2D eigenvalue weighted by Crippen LogP contribution is 2.31. The minimum absolute atomic E-state index is 0.00294. The molecule has 0 aromatic heterocycles. The molecule has 88 valence electrons. The molecule has 1 rings (SSSR count). The summed E-state index contributed by atoms with van der Waals surface area (Å²) in [7, 11) is 0. The zero-order valence-electron chi connectivity index (χ0n) is 8.46. The van der Waals surface area contributed by atoms with Gasteiger partial charge in [0.2, 0.25) is 0 Å². The Bertz CT molecular complexity index is 385. The molecule has 5 heteroatoms. The van der Waals surface area contributed by atoms with Crippen LogP contribution in [0.3, 0.4) is 0 Å². The Balaban J connectivity index is 2.92. The minimum atomic E-state index is -4.37.